The highest BCUT2D eigenvalue weighted by Crippen LogP contribution is 2.29. The average Bonchev–Trinajstić information content (AvgIpc) is 2.38. The first-order valence-corrected chi connectivity index (χ1v) is 6.61. The van der Waals surface area contributed by atoms with E-state index in [1.165, 1.54) is 12.1 Å². The van der Waals surface area contributed by atoms with Crippen molar-refractivity contribution in [3.63, 3.8) is 0 Å². The van der Waals surface area contributed by atoms with Crippen molar-refractivity contribution in [3.8, 4) is 5.75 Å². The van der Waals surface area contributed by atoms with Crippen LogP contribution in [0.2, 0.25) is 0 Å². The van der Waals surface area contributed by atoms with E-state index < -0.39 is 11.8 Å². The predicted molar refractivity (Wildman–Crippen MR) is 82.2 cm³/mol. The molecule has 0 radical (unpaired) electrons. The zero-order chi connectivity index (χ0) is 15.6. The number of fused-ring (bicyclic) bond motifs is 1. The smallest absolute Gasteiger partial charge is 0.307 e. The highest BCUT2D eigenvalue weighted by molar-refractivity contribution is 7.80. The van der Waals surface area contributed by atoms with Crippen LogP contribution in [0.15, 0.2) is 30.3 Å². The molecule has 0 saturated carbocycles. The summed E-state index contributed by atoms with van der Waals surface area (Å²) in [5, 5.41) is 10.4. The van der Waals surface area contributed by atoms with E-state index in [-0.39, 0.29) is 11.6 Å². The fraction of sp³-hybridized carbons (Fsp3) is 0.200. The lowest BCUT2D eigenvalue weighted by Crippen LogP contribution is -2.25. The summed E-state index contributed by atoms with van der Waals surface area (Å²) in [5.41, 5.74) is 0.568. The summed E-state index contributed by atoms with van der Waals surface area (Å²) >= 11 is 5.08. The number of carboxylic acid groups (broad SMARTS) is 1. The van der Waals surface area contributed by atoms with E-state index in [9.17, 15) is 9.18 Å². The standard InChI is InChI=1S/C15H14FNO3S/c1-17(2)15(21)20-13-6-9(7-14(18)19)5-10-3-4-11(16)8-12(10)13/h3-6,8H,7H2,1-2H3,(H,18,19). The number of ether oxygens (including phenoxy) is 1. The van der Waals surface area contributed by atoms with E-state index in [0.717, 1.165) is 0 Å². The topological polar surface area (TPSA) is 49.8 Å². The molecule has 0 fully saturated rings. The maximum absolute atomic E-state index is 13.4. The minimum Gasteiger partial charge on any atom is -0.481 e. The van der Waals surface area contributed by atoms with Crippen LogP contribution in [0.3, 0.4) is 0 Å². The molecule has 0 aliphatic rings. The Hall–Kier alpha value is -2.21. The van der Waals surface area contributed by atoms with Gasteiger partial charge in [0.1, 0.15) is 11.6 Å². The van der Waals surface area contributed by atoms with Crippen LogP contribution in [0.25, 0.3) is 10.8 Å². The van der Waals surface area contributed by atoms with Crippen molar-refractivity contribution in [2.45, 2.75) is 6.42 Å². The van der Waals surface area contributed by atoms with E-state index in [0.29, 0.717) is 22.1 Å². The Morgan fingerprint density at radius 1 is 1.33 bits per heavy atom. The number of rotatable bonds is 3. The van der Waals surface area contributed by atoms with E-state index >= 15 is 0 Å². The van der Waals surface area contributed by atoms with Crippen molar-refractivity contribution < 1.29 is 19.0 Å². The van der Waals surface area contributed by atoms with Gasteiger partial charge in [0.05, 0.1) is 6.42 Å². The second-order valence-electron chi connectivity index (χ2n) is 4.79. The Kier molecular flexibility index (Phi) is 4.37. The van der Waals surface area contributed by atoms with Crippen LogP contribution in [0, 0.1) is 5.82 Å². The number of aliphatic carboxylic acids is 1. The van der Waals surface area contributed by atoms with Crippen LogP contribution in [-0.4, -0.2) is 35.2 Å². The lowest BCUT2D eigenvalue weighted by molar-refractivity contribution is -0.136. The fourth-order valence-electron chi connectivity index (χ4n) is 1.90. The molecule has 6 heteroatoms. The molecule has 0 heterocycles. The van der Waals surface area contributed by atoms with Crippen LogP contribution >= 0.6 is 12.2 Å². The van der Waals surface area contributed by atoms with Crippen LogP contribution in [0.1, 0.15) is 5.56 Å². The number of carboxylic acids is 1. The molecule has 0 aliphatic carbocycles. The highest BCUT2D eigenvalue weighted by Gasteiger charge is 2.11. The van der Waals surface area contributed by atoms with Gasteiger partial charge in [-0.15, -0.1) is 0 Å². The molecule has 0 aliphatic heterocycles. The Bertz CT molecular complexity index is 715. The van der Waals surface area contributed by atoms with Crippen molar-refractivity contribution in [2.75, 3.05) is 14.1 Å². The predicted octanol–water partition coefficient (Wildman–Crippen LogP) is 2.83. The van der Waals surface area contributed by atoms with Crippen LogP contribution < -0.4 is 4.74 Å². The Morgan fingerprint density at radius 3 is 2.67 bits per heavy atom. The summed E-state index contributed by atoms with van der Waals surface area (Å²) in [6, 6.07) is 7.52. The first-order chi connectivity index (χ1) is 9.86. The number of benzene rings is 2. The lowest BCUT2D eigenvalue weighted by Gasteiger charge is -2.16. The maximum atomic E-state index is 13.4. The zero-order valence-corrected chi connectivity index (χ0v) is 12.4. The third kappa shape index (κ3) is 3.66. The number of hydrogen-bond acceptors (Lipinski definition) is 3. The largest absolute Gasteiger partial charge is 0.481 e. The van der Waals surface area contributed by atoms with Crippen molar-refractivity contribution in [3.05, 3.63) is 41.7 Å². The molecule has 21 heavy (non-hydrogen) atoms. The summed E-state index contributed by atoms with van der Waals surface area (Å²) in [6.07, 6.45) is -0.140. The third-order valence-electron chi connectivity index (χ3n) is 2.86. The average molecular weight is 307 g/mol. The molecule has 2 rings (SSSR count). The van der Waals surface area contributed by atoms with Crippen molar-refractivity contribution >= 4 is 34.1 Å². The van der Waals surface area contributed by atoms with Gasteiger partial charge in [-0.2, -0.15) is 0 Å². The summed E-state index contributed by atoms with van der Waals surface area (Å²) < 4.78 is 19.0. The second-order valence-corrected chi connectivity index (χ2v) is 5.14. The normalized spacial score (nSPS) is 10.4. The van der Waals surface area contributed by atoms with Crippen molar-refractivity contribution in [1.29, 1.82) is 0 Å². The molecule has 0 aromatic heterocycles. The summed E-state index contributed by atoms with van der Waals surface area (Å²) in [7, 11) is 3.46. The summed E-state index contributed by atoms with van der Waals surface area (Å²) in [4.78, 5) is 12.5. The highest BCUT2D eigenvalue weighted by atomic mass is 32.1. The van der Waals surface area contributed by atoms with E-state index in [4.69, 9.17) is 22.1 Å². The number of thiocarbonyl (C=S) groups is 1. The molecular weight excluding hydrogens is 293 g/mol. The number of carbonyl (C=O) groups is 1. The van der Waals surface area contributed by atoms with Gasteiger partial charge in [-0.1, -0.05) is 12.1 Å². The molecular formula is C15H14FNO3S. The van der Waals surface area contributed by atoms with Crippen molar-refractivity contribution in [2.24, 2.45) is 0 Å². The van der Waals surface area contributed by atoms with Crippen LogP contribution in [0.5, 0.6) is 5.75 Å². The quantitative estimate of drug-likeness (QED) is 0.884. The van der Waals surface area contributed by atoms with Crippen LogP contribution in [0.4, 0.5) is 4.39 Å². The fourth-order valence-corrected chi connectivity index (χ4v) is 1.99. The van der Waals surface area contributed by atoms with Gasteiger partial charge in [-0.25, -0.2) is 4.39 Å². The first kappa shape index (κ1) is 15.2. The zero-order valence-electron chi connectivity index (χ0n) is 11.6. The van der Waals surface area contributed by atoms with Gasteiger partial charge in [0.2, 0.25) is 0 Å². The van der Waals surface area contributed by atoms with Gasteiger partial charge in [-0.3, -0.25) is 4.79 Å². The molecule has 110 valence electrons. The first-order valence-electron chi connectivity index (χ1n) is 6.20. The van der Waals surface area contributed by atoms with Crippen LogP contribution in [-0.2, 0) is 11.2 Å². The molecule has 0 amide bonds. The molecule has 0 bridgehead atoms. The molecule has 4 nitrogen and oxygen atoms in total. The Balaban J connectivity index is 2.54. The van der Waals surface area contributed by atoms with Gasteiger partial charge >= 0.3 is 5.97 Å². The molecule has 2 aromatic carbocycles. The summed E-state index contributed by atoms with van der Waals surface area (Å²) in [5.74, 6) is -0.992. The molecule has 0 spiro atoms. The third-order valence-corrected chi connectivity index (χ3v) is 3.30. The van der Waals surface area contributed by atoms with Crippen molar-refractivity contribution in [1.82, 2.24) is 4.90 Å². The molecule has 2 aromatic rings. The van der Waals surface area contributed by atoms with Gasteiger partial charge in [-0.05, 0) is 41.4 Å². The minimum absolute atomic E-state index is 0.140. The number of nitrogens with zero attached hydrogens (tertiary/aromatic N) is 1. The van der Waals surface area contributed by atoms with E-state index in [1.807, 2.05) is 0 Å². The maximum Gasteiger partial charge on any atom is 0.307 e. The molecule has 0 atom stereocenters. The monoisotopic (exact) mass is 307 g/mol. The van der Waals surface area contributed by atoms with Gasteiger partial charge in [0.25, 0.3) is 5.17 Å². The molecule has 1 N–H and O–H groups in total. The lowest BCUT2D eigenvalue weighted by atomic mass is 10.0. The Labute approximate surface area is 126 Å². The van der Waals surface area contributed by atoms with Gasteiger partial charge in [0, 0.05) is 19.5 Å². The Morgan fingerprint density at radius 2 is 2.05 bits per heavy atom. The van der Waals surface area contributed by atoms with Gasteiger partial charge < -0.3 is 14.7 Å². The minimum atomic E-state index is -0.947. The number of hydrogen-bond donors (Lipinski definition) is 1. The molecule has 0 saturated heterocycles. The van der Waals surface area contributed by atoms with E-state index in [1.54, 1.807) is 37.2 Å². The molecule has 0 unspecified atom stereocenters. The summed E-state index contributed by atoms with van der Waals surface area (Å²) in [6.45, 7) is 0. The van der Waals surface area contributed by atoms with E-state index in [2.05, 4.69) is 0 Å². The SMILES string of the molecule is CN(C)C(=S)Oc1cc(CC(=O)O)cc2ccc(F)cc12. The second kappa shape index (κ2) is 6.05. The van der Waals surface area contributed by atoms with Gasteiger partial charge in [0.15, 0.2) is 0 Å². The number of halogens is 1.